The fourth-order valence-electron chi connectivity index (χ4n) is 1.67. The van der Waals surface area contributed by atoms with Gasteiger partial charge in [-0.2, -0.15) is 4.57 Å². The molecule has 2 aromatic rings. The summed E-state index contributed by atoms with van der Waals surface area (Å²) in [4.78, 5) is 0. The predicted molar refractivity (Wildman–Crippen MR) is 56.3 cm³/mol. The Kier molecular flexibility index (Phi) is 2.35. The molecule has 0 N–H and O–H groups in total. The Hall–Kier alpha value is -1.57. The Bertz CT molecular complexity index is 446. The van der Waals surface area contributed by atoms with Crippen LogP contribution in [0.4, 0.5) is 0 Å². The fourth-order valence-corrected chi connectivity index (χ4v) is 1.67. The number of para-hydroxylation sites is 1. The molecule has 0 aliphatic carbocycles. The molecule has 2 heteroatoms. The number of pyridine rings is 1. The van der Waals surface area contributed by atoms with Crippen molar-refractivity contribution in [2.75, 3.05) is 6.61 Å². The van der Waals surface area contributed by atoms with Crippen molar-refractivity contribution in [1.29, 1.82) is 0 Å². The highest BCUT2D eigenvalue weighted by Crippen LogP contribution is 2.21. The quantitative estimate of drug-likeness (QED) is 0.657. The van der Waals surface area contributed by atoms with Gasteiger partial charge in [-0.3, -0.25) is 0 Å². The monoisotopic (exact) mass is 188 g/mol. The van der Waals surface area contributed by atoms with E-state index in [-0.39, 0.29) is 0 Å². The molecule has 0 radical (unpaired) electrons. The molecule has 14 heavy (non-hydrogen) atoms. The van der Waals surface area contributed by atoms with Crippen LogP contribution in [-0.2, 0) is 7.05 Å². The molecule has 0 atom stereocenters. The van der Waals surface area contributed by atoms with E-state index in [1.54, 1.807) is 0 Å². The second-order valence-corrected chi connectivity index (χ2v) is 3.25. The smallest absolute Gasteiger partial charge is 0.254 e. The van der Waals surface area contributed by atoms with Crippen molar-refractivity contribution >= 4 is 10.9 Å². The van der Waals surface area contributed by atoms with Gasteiger partial charge < -0.3 is 4.74 Å². The number of aryl methyl sites for hydroxylation is 1. The minimum Gasteiger partial charge on any atom is -0.487 e. The second kappa shape index (κ2) is 3.66. The van der Waals surface area contributed by atoms with Crippen LogP contribution in [0.3, 0.4) is 0 Å². The largest absolute Gasteiger partial charge is 0.487 e. The van der Waals surface area contributed by atoms with E-state index in [0.717, 1.165) is 11.3 Å². The van der Waals surface area contributed by atoms with Gasteiger partial charge in [0.05, 0.1) is 12.0 Å². The molecular weight excluding hydrogens is 174 g/mol. The molecule has 0 aliphatic heterocycles. The molecule has 0 saturated heterocycles. The third-order valence-electron chi connectivity index (χ3n) is 2.27. The van der Waals surface area contributed by atoms with E-state index in [4.69, 9.17) is 4.74 Å². The molecule has 1 heterocycles. The van der Waals surface area contributed by atoms with Crippen LogP contribution >= 0.6 is 0 Å². The van der Waals surface area contributed by atoms with Gasteiger partial charge in [-0.05, 0) is 25.1 Å². The number of ether oxygens (including phenoxy) is 1. The Morgan fingerprint density at radius 2 is 2.00 bits per heavy atom. The van der Waals surface area contributed by atoms with Crippen LogP contribution in [0.2, 0.25) is 0 Å². The zero-order valence-corrected chi connectivity index (χ0v) is 8.53. The average molecular weight is 188 g/mol. The molecular formula is C12H14NO+. The van der Waals surface area contributed by atoms with E-state index >= 15 is 0 Å². The maximum absolute atomic E-state index is 5.58. The SMILES string of the molecule is CCOc1cccc2ccc[n+](C)c12. The summed E-state index contributed by atoms with van der Waals surface area (Å²) in [7, 11) is 2.03. The third-order valence-corrected chi connectivity index (χ3v) is 2.27. The van der Waals surface area contributed by atoms with Crippen molar-refractivity contribution in [3.63, 3.8) is 0 Å². The molecule has 1 aromatic carbocycles. The van der Waals surface area contributed by atoms with E-state index < -0.39 is 0 Å². The van der Waals surface area contributed by atoms with Crippen molar-refractivity contribution in [2.24, 2.45) is 7.05 Å². The lowest BCUT2D eigenvalue weighted by Crippen LogP contribution is -2.28. The summed E-state index contributed by atoms with van der Waals surface area (Å²) in [6.45, 7) is 2.70. The van der Waals surface area contributed by atoms with Crippen molar-refractivity contribution < 1.29 is 9.30 Å². The first-order chi connectivity index (χ1) is 6.83. The summed E-state index contributed by atoms with van der Waals surface area (Å²) in [6, 6.07) is 10.3. The van der Waals surface area contributed by atoms with Crippen LogP contribution < -0.4 is 9.30 Å². The first kappa shape index (κ1) is 9.00. The summed E-state index contributed by atoms with van der Waals surface area (Å²) < 4.78 is 7.66. The molecule has 2 rings (SSSR count). The van der Waals surface area contributed by atoms with Crippen LogP contribution in [0.1, 0.15) is 6.92 Å². The Morgan fingerprint density at radius 1 is 1.21 bits per heavy atom. The lowest BCUT2D eigenvalue weighted by Gasteiger charge is -2.04. The van der Waals surface area contributed by atoms with Gasteiger partial charge in [-0.1, -0.05) is 6.07 Å². The van der Waals surface area contributed by atoms with E-state index in [1.807, 2.05) is 38.4 Å². The summed E-state index contributed by atoms with van der Waals surface area (Å²) in [5, 5.41) is 1.21. The molecule has 0 saturated carbocycles. The molecule has 2 nitrogen and oxygen atoms in total. The number of hydrogen-bond acceptors (Lipinski definition) is 1. The van der Waals surface area contributed by atoms with Crippen molar-refractivity contribution in [3.8, 4) is 5.75 Å². The van der Waals surface area contributed by atoms with Crippen molar-refractivity contribution in [3.05, 3.63) is 36.5 Å². The molecule has 0 bridgehead atoms. The number of benzene rings is 1. The van der Waals surface area contributed by atoms with Gasteiger partial charge in [-0.25, -0.2) is 0 Å². The Labute approximate surface area is 83.8 Å². The van der Waals surface area contributed by atoms with E-state index in [2.05, 4.69) is 16.7 Å². The highest BCUT2D eigenvalue weighted by atomic mass is 16.5. The standard InChI is InChI=1S/C12H14NO/c1-3-14-11-8-4-6-10-7-5-9-13(2)12(10)11/h4-9H,3H2,1-2H3/q+1. The summed E-state index contributed by atoms with van der Waals surface area (Å²) >= 11 is 0. The molecule has 0 aliphatic rings. The van der Waals surface area contributed by atoms with Gasteiger partial charge in [0.15, 0.2) is 11.9 Å². The minimum atomic E-state index is 0.702. The van der Waals surface area contributed by atoms with E-state index in [0.29, 0.717) is 6.61 Å². The van der Waals surface area contributed by atoms with Crippen LogP contribution in [0.5, 0.6) is 5.75 Å². The summed E-state index contributed by atoms with van der Waals surface area (Å²) in [5.41, 5.74) is 1.15. The van der Waals surface area contributed by atoms with Gasteiger partial charge in [0.1, 0.15) is 7.05 Å². The van der Waals surface area contributed by atoms with Gasteiger partial charge in [-0.15, -0.1) is 0 Å². The second-order valence-electron chi connectivity index (χ2n) is 3.25. The fraction of sp³-hybridized carbons (Fsp3) is 0.250. The van der Waals surface area contributed by atoms with Crippen LogP contribution in [-0.4, -0.2) is 6.61 Å². The molecule has 0 spiro atoms. The maximum atomic E-state index is 5.58. The van der Waals surface area contributed by atoms with Crippen LogP contribution in [0, 0.1) is 0 Å². The first-order valence-electron chi connectivity index (χ1n) is 4.83. The van der Waals surface area contributed by atoms with E-state index in [9.17, 15) is 0 Å². The number of fused-ring (bicyclic) bond motifs is 1. The first-order valence-corrected chi connectivity index (χ1v) is 4.83. The highest BCUT2D eigenvalue weighted by Gasteiger charge is 2.10. The number of hydrogen-bond donors (Lipinski definition) is 0. The zero-order valence-electron chi connectivity index (χ0n) is 8.53. The summed E-state index contributed by atoms with van der Waals surface area (Å²) in [6.07, 6.45) is 2.03. The average Bonchev–Trinajstić information content (AvgIpc) is 2.19. The molecule has 0 fully saturated rings. The number of nitrogens with zero attached hydrogens (tertiary/aromatic N) is 1. The van der Waals surface area contributed by atoms with Gasteiger partial charge in [0.2, 0.25) is 0 Å². The predicted octanol–water partition coefficient (Wildman–Crippen LogP) is 2.06. The van der Waals surface area contributed by atoms with Gasteiger partial charge in [0, 0.05) is 6.07 Å². The topological polar surface area (TPSA) is 13.1 Å². The normalized spacial score (nSPS) is 10.4. The number of rotatable bonds is 2. The minimum absolute atomic E-state index is 0.702. The lowest BCUT2D eigenvalue weighted by atomic mass is 10.2. The maximum Gasteiger partial charge on any atom is 0.254 e. The Morgan fingerprint density at radius 3 is 2.79 bits per heavy atom. The van der Waals surface area contributed by atoms with Gasteiger partial charge in [0.25, 0.3) is 5.52 Å². The molecule has 0 amide bonds. The van der Waals surface area contributed by atoms with Crippen LogP contribution in [0.15, 0.2) is 36.5 Å². The molecule has 1 aromatic heterocycles. The molecule has 0 unspecified atom stereocenters. The lowest BCUT2D eigenvalue weighted by molar-refractivity contribution is -0.645. The van der Waals surface area contributed by atoms with Crippen molar-refractivity contribution in [1.82, 2.24) is 0 Å². The summed E-state index contributed by atoms with van der Waals surface area (Å²) in [5.74, 6) is 0.952. The van der Waals surface area contributed by atoms with Crippen LogP contribution in [0.25, 0.3) is 10.9 Å². The Balaban J connectivity index is 2.71. The third kappa shape index (κ3) is 1.43. The van der Waals surface area contributed by atoms with Crippen molar-refractivity contribution in [2.45, 2.75) is 6.92 Å². The zero-order chi connectivity index (χ0) is 9.97. The molecule has 72 valence electrons. The van der Waals surface area contributed by atoms with E-state index in [1.165, 1.54) is 5.39 Å². The highest BCUT2D eigenvalue weighted by molar-refractivity contribution is 5.81. The van der Waals surface area contributed by atoms with Gasteiger partial charge >= 0.3 is 0 Å². The number of aromatic nitrogens is 1.